The van der Waals surface area contributed by atoms with Crippen molar-refractivity contribution in [3.05, 3.63) is 47.5 Å². The average molecular weight is 375 g/mol. The summed E-state index contributed by atoms with van der Waals surface area (Å²) in [4.78, 5) is 0. The van der Waals surface area contributed by atoms with Crippen LogP contribution in [0, 0.1) is 29.4 Å². The van der Waals surface area contributed by atoms with Crippen molar-refractivity contribution in [2.75, 3.05) is 0 Å². The predicted octanol–water partition coefficient (Wildman–Crippen LogP) is 8.18. The third-order valence-electron chi connectivity index (χ3n) is 6.95. The van der Waals surface area contributed by atoms with E-state index in [1.165, 1.54) is 76.3 Å². The number of hydrogen-bond donors (Lipinski definition) is 0. The van der Waals surface area contributed by atoms with Crippen LogP contribution in [0.1, 0.15) is 95.5 Å². The second-order valence-electron chi connectivity index (χ2n) is 8.95. The highest BCUT2D eigenvalue weighted by Crippen LogP contribution is 2.38. The molecule has 0 bridgehead atoms. The Bertz CT molecular complexity index is 590. The van der Waals surface area contributed by atoms with Crippen LogP contribution in [0.5, 0.6) is 0 Å². The van der Waals surface area contributed by atoms with Gasteiger partial charge in [-0.1, -0.05) is 50.8 Å². The van der Waals surface area contributed by atoms with Crippen molar-refractivity contribution in [1.82, 2.24) is 0 Å². The third kappa shape index (κ3) is 6.16. The molecule has 2 aliphatic carbocycles. The molecule has 0 atom stereocenters. The third-order valence-corrected chi connectivity index (χ3v) is 6.95. The lowest BCUT2D eigenvalue weighted by molar-refractivity contribution is 0.288. The van der Waals surface area contributed by atoms with Crippen molar-refractivity contribution in [1.29, 1.82) is 0 Å². The molecular formula is C25H36F2. The molecule has 2 saturated carbocycles. The summed E-state index contributed by atoms with van der Waals surface area (Å²) < 4.78 is 26.6. The Labute approximate surface area is 164 Å². The van der Waals surface area contributed by atoms with E-state index in [2.05, 4.69) is 19.1 Å². The van der Waals surface area contributed by atoms with Crippen molar-refractivity contribution in [3.8, 4) is 0 Å². The first-order chi connectivity index (χ1) is 13.2. The van der Waals surface area contributed by atoms with Gasteiger partial charge < -0.3 is 0 Å². The van der Waals surface area contributed by atoms with Gasteiger partial charge in [0.15, 0.2) is 11.6 Å². The minimum absolute atomic E-state index is 0.392. The van der Waals surface area contributed by atoms with Crippen LogP contribution in [0.2, 0.25) is 0 Å². The Morgan fingerprint density at radius 2 is 1.44 bits per heavy atom. The van der Waals surface area contributed by atoms with Crippen molar-refractivity contribution >= 4 is 0 Å². The van der Waals surface area contributed by atoms with Crippen LogP contribution in [-0.4, -0.2) is 0 Å². The summed E-state index contributed by atoms with van der Waals surface area (Å²) in [7, 11) is 0. The summed E-state index contributed by atoms with van der Waals surface area (Å²) in [5, 5.41) is 0. The zero-order valence-corrected chi connectivity index (χ0v) is 16.9. The zero-order chi connectivity index (χ0) is 19.1. The Kier molecular flexibility index (Phi) is 7.91. The fourth-order valence-electron chi connectivity index (χ4n) is 5.08. The van der Waals surface area contributed by atoms with Crippen LogP contribution in [0.4, 0.5) is 8.78 Å². The first kappa shape index (κ1) is 20.6. The summed E-state index contributed by atoms with van der Waals surface area (Å²) in [5.41, 5.74) is 0.970. The van der Waals surface area contributed by atoms with Gasteiger partial charge >= 0.3 is 0 Å². The highest BCUT2D eigenvalue weighted by molar-refractivity contribution is 5.22. The molecule has 2 aliphatic rings. The van der Waals surface area contributed by atoms with E-state index in [9.17, 15) is 8.78 Å². The van der Waals surface area contributed by atoms with Crippen LogP contribution in [0.15, 0.2) is 30.4 Å². The molecule has 0 N–H and O–H groups in total. The molecule has 0 aliphatic heterocycles. The summed E-state index contributed by atoms with van der Waals surface area (Å²) in [5.74, 6) is 1.39. The molecule has 2 fully saturated rings. The zero-order valence-electron chi connectivity index (χ0n) is 16.9. The molecule has 0 spiro atoms. The maximum absolute atomic E-state index is 13.5. The number of allylic oxidation sites excluding steroid dienone is 2. The van der Waals surface area contributed by atoms with E-state index in [0.29, 0.717) is 11.8 Å². The Balaban J connectivity index is 1.38. The molecule has 0 amide bonds. The molecule has 27 heavy (non-hydrogen) atoms. The molecular weight excluding hydrogens is 338 g/mol. The summed E-state index contributed by atoms with van der Waals surface area (Å²) in [6.45, 7) is 2.28. The lowest BCUT2D eigenvalue weighted by atomic mass is 9.77. The first-order valence-corrected chi connectivity index (χ1v) is 11.3. The van der Waals surface area contributed by atoms with Gasteiger partial charge in [0.25, 0.3) is 0 Å². The largest absolute Gasteiger partial charge is 0.204 e. The topological polar surface area (TPSA) is 0 Å². The Morgan fingerprint density at radius 3 is 2.04 bits per heavy atom. The molecule has 0 saturated heterocycles. The lowest BCUT2D eigenvalue weighted by Gasteiger charge is -2.29. The Morgan fingerprint density at radius 1 is 0.815 bits per heavy atom. The monoisotopic (exact) mass is 374 g/mol. The second-order valence-corrected chi connectivity index (χ2v) is 8.95. The summed E-state index contributed by atoms with van der Waals surface area (Å²) in [6, 6.07) is 4.43. The fraction of sp³-hybridized carbons (Fsp3) is 0.680. The number of rotatable bonds is 7. The second kappa shape index (κ2) is 10.4. The minimum atomic E-state index is -0.740. The van der Waals surface area contributed by atoms with Crippen LogP contribution < -0.4 is 0 Å². The van der Waals surface area contributed by atoms with Crippen molar-refractivity contribution in [2.45, 2.75) is 89.9 Å². The Hall–Kier alpha value is -1.18. The highest BCUT2D eigenvalue weighted by Gasteiger charge is 2.23. The van der Waals surface area contributed by atoms with Gasteiger partial charge in [-0.15, -0.1) is 0 Å². The molecule has 0 unspecified atom stereocenters. The van der Waals surface area contributed by atoms with Crippen LogP contribution in [-0.2, 0) is 0 Å². The molecule has 2 heteroatoms. The van der Waals surface area contributed by atoms with Crippen molar-refractivity contribution in [2.24, 2.45) is 17.8 Å². The van der Waals surface area contributed by atoms with Gasteiger partial charge in [-0.25, -0.2) is 8.78 Å². The van der Waals surface area contributed by atoms with E-state index >= 15 is 0 Å². The minimum Gasteiger partial charge on any atom is -0.204 e. The van der Waals surface area contributed by atoms with Gasteiger partial charge in [0.1, 0.15) is 0 Å². The molecule has 0 nitrogen and oxygen atoms in total. The van der Waals surface area contributed by atoms with Gasteiger partial charge in [0.05, 0.1) is 0 Å². The fourth-order valence-corrected chi connectivity index (χ4v) is 5.08. The van der Waals surface area contributed by atoms with Gasteiger partial charge in [-0.2, -0.15) is 0 Å². The maximum atomic E-state index is 13.5. The van der Waals surface area contributed by atoms with Gasteiger partial charge in [-0.3, -0.25) is 0 Å². The van der Waals surface area contributed by atoms with Crippen LogP contribution in [0.25, 0.3) is 0 Å². The molecule has 1 aromatic carbocycles. The number of benzene rings is 1. The summed E-state index contributed by atoms with van der Waals surface area (Å²) in [6.07, 6.45) is 20.7. The van der Waals surface area contributed by atoms with Crippen LogP contribution >= 0.6 is 0 Å². The van der Waals surface area contributed by atoms with Gasteiger partial charge in [-0.05, 0) is 92.7 Å². The number of unbranched alkanes of at least 4 members (excludes halogenated alkanes) is 2. The standard InChI is InChI=1S/C25H36F2/c1-2-3-4-5-19-6-8-20(9-7-19)10-11-21-12-14-22(15-13-21)23-16-17-24(26)25(27)18-23/h10-11,16-22H,2-9,12-15H2,1H3/t19-,20-,21-,22-. The van der Waals surface area contributed by atoms with E-state index in [-0.39, 0.29) is 0 Å². The quantitative estimate of drug-likeness (QED) is 0.333. The van der Waals surface area contributed by atoms with Crippen molar-refractivity contribution < 1.29 is 8.78 Å². The summed E-state index contributed by atoms with van der Waals surface area (Å²) >= 11 is 0. The smallest absolute Gasteiger partial charge is 0.159 e. The van der Waals surface area contributed by atoms with Gasteiger partial charge in [0.2, 0.25) is 0 Å². The van der Waals surface area contributed by atoms with E-state index < -0.39 is 11.6 Å². The predicted molar refractivity (Wildman–Crippen MR) is 110 cm³/mol. The SMILES string of the molecule is CCCCC[C@H]1CC[C@H](C=C[C@H]2CC[C@H](c3ccc(F)c(F)c3)CC2)CC1. The first-order valence-electron chi connectivity index (χ1n) is 11.3. The molecule has 1 aromatic rings. The number of halogens is 2. The molecule has 0 radical (unpaired) electrons. The molecule has 0 aromatic heterocycles. The molecule has 0 heterocycles. The number of hydrogen-bond acceptors (Lipinski definition) is 0. The van der Waals surface area contributed by atoms with E-state index in [1.54, 1.807) is 6.07 Å². The van der Waals surface area contributed by atoms with E-state index in [4.69, 9.17) is 0 Å². The average Bonchev–Trinajstić information content (AvgIpc) is 2.70. The molecule has 3 rings (SSSR count). The van der Waals surface area contributed by atoms with E-state index in [0.717, 1.165) is 30.2 Å². The van der Waals surface area contributed by atoms with E-state index in [1.807, 2.05) is 0 Å². The van der Waals surface area contributed by atoms with Crippen LogP contribution in [0.3, 0.4) is 0 Å². The lowest BCUT2D eigenvalue weighted by Crippen LogP contribution is -2.15. The molecule has 150 valence electrons. The normalized spacial score (nSPS) is 29.3. The van der Waals surface area contributed by atoms with Crippen molar-refractivity contribution in [3.63, 3.8) is 0 Å². The highest BCUT2D eigenvalue weighted by atomic mass is 19.2. The van der Waals surface area contributed by atoms with Gasteiger partial charge in [0, 0.05) is 0 Å². The maximum Gasteiger partial charge on any atom is 0.159 e.